The third-order valence-corrected chi connectivity index (χ3v) is 8.71. The first-order valence-electron chi connectivity index (χ1n) is 19.4. The molecular weight excluding hydrogens is 700 g/mol. The maximum atomic E-state index is 12.8. The molecule has 0 heterocycles. The highest BCUT2D eigenvalue weighted by Crippen LogP contribution is 2.30. The number of carbonyl (C=O) groups is 4. The first-order chi connectivity index (χ1) is 26.6. The monoisotopic (exact) mass is 756 g/mol. The van der Waals surface area contributed by atoms with Crippen molar-refractivity contribution in [2.45, 2.75) is 111 Å². The molecule has 3 aromatic rings. The van der Waals surface area contributed by atoms with Crippen LogP contribution in [0.3, 0.4) is 0 Å². The molecule has 0 aliphatic carbocycles. The van der Waals surface area contributed by atoms with Crippen LogP contribution in [0.15, 0.2) is 83.5 Å². The normalized spacial score (nSPS) is 11.5. The average molecular weight is 757 g/mol. The molecule has 296 valence electrons. The molecule has 3 aromatic carbocycles. The van der Waals surface area contributed by atoms with E-state index in [1.807, 2.05) is 26.0 Å². The van der Waals surface area contributed by atoms with Gasteiger partial charge < -0.3 is 23.7 Å². The van der Waals surface area contributed by atoms with E-state index in [4.69, 9.17) is 23.7 Å². The SMILES string of the molecule is C=CC(=O)OCCCCCCOc1cc(C)c(N=Nc2ccc(C(=O)Oc3ccc(C(=O)O[C@H](C)C(=O)OCCCCCCCCCC)cc3)cc2)c(C)c1. The smallest absolute Gasteiger partial charge is 0.347 e. The minimum Gasteiger partial charge on any atom is -0.494 e. The van der Waals surface area contributed by atoms with E-state index in [1.54, 1.807) is 24.3 Å². The molecule has 0 fully saturated rings. The van der Waals surface area contributed by atoms with Crippen LogP contribution >= 0.6 is 0 Å². The number of aryl methyl sites for hydroxylation is 2. The van der Waals surface area contributed by atoms with Crippen molar-refractivity contribution in [3.8, 4) is 11.5 Å². The predicted molar refractivity (Wildman–Crippen MR) is 211 cm³/mol. The molecule has 0 spiro atoms. The van der Waals surface area contributed by atoms with E-state index in [1.165, 1.54) is 69.4 Å². The molecule has 55 heavy (non-hydrogen) atoms. The van der Waals surface area contributed by atoms with Gasteiger partial charge in [0.15, 0.2) is 6.10 Å². The Hall–Kier alpha value is -5.32. The molecule has 0 unspecified atom stereocenters. The number of hydrogen-bond acceptors (Lipinski definition) is 11. The molecule has 0 amide bonds. The van der Waals surface area contributed by atoms with Crippen molar-refractivity contribution in [2.24, 2.45) is 10.2 Å². The van der Waals surface area contributed by atoms with Gasteiger partial charge in [-0.3, -0.25) is 0 Å². The number of carbonyl (C=O) groups excluding carboxylic acids is 4. The van der Waals surface area contributed by atoms with Crippen LogP contribution < -0.4 is 9.47 Å². The van der Waals surface area contributed by atoms with Gasteiger partial charge in [-0.1, -0.05) is 58.4 Å². The lowest BCUT2D eigenvalue weighted by Gasteiger charge is -2.13. The second-order valence-corrected chi connectivity index (χ2v) is 13.4. The van der Waals surface area contributed by atoms with Crippen molar-refractivity contribution in [2.75, 3.05) is 19.8 Å². The van der Waals surface area contributed by atoms with Crippen LogP contribution in [0, 0.1) is 13.8 Å². The second-order valence-electron chi connectivity index (χ2n) is 13.4. The van der Waals surface area contributed by atoms with Gasteiger partial charge in [0.2, 0.25) is 0 Å². The van der Waals surface area contributed by atoms with Gasteiger partial charge in [-0.2, -0.15) is 10.2 Å². The van der Waals surface area contributed by atoms with Gasteiger partial charge in [0, 0.05) is 6.08 Å². The molecule has 0 saturated carbocycles. The summed E-state index contributed by atoms with van der Waals surface area (Å²) in [6, 6.07) is 16.3. The molecule has 0 N–H and O–H groups in total. The summed E-state index contributed by atoms with van der Waals surface area (Å²) in [5.74, 6) is -1.23. The highest BCUT2D eigenvalue weighted by atomic mass is 16.6. The van der Waals surface area contributed by atoms with Crippen molar-refractivity contribution in [3.63, 3.8) is 0 Å². The van der Waals surface area contributed by atoms with E-state index in [0.717, 1.165) is 67.5 Å². The molecular formula is C44H56N2O9. The van der Waals surface area contributed by atoms with Crippen LogP contribution in [0.5, 0.6) is 11.5 Å². The number of esters is 4. The maximum Gasteiger partial charge on any atom is 0.347 e. The Morgan fingerprint density at radius 2 is 1.18 bits per heavy atom. The Balaban J connectivity index is 1.39. The van der Waals surface area contributed by atoms with E-state index in [-0.39, 0.29) is 11.3 Å². The Morgan fingerprint density at radius 1 is 0.655 bits per heavy atom. The number of hydrogen-bond donors (Lipinski definition) is 0. The second kappa shape index (κ2) is 24.9. The van der Waals surface area contributed by atoms with Gasteiger partial charge >= 0.3 is 23.9 Å². The molecule has 0 aromatic heterocycles. The molecule has 11 heteroatoms. The Morgan fingerprint density at radius 3 is 1.78 bits per heavy atom. The van der Waals surface area contributed by atoms with Crippen LogP contribution in [0.1, 0.15) is 123 Å². The molecule has 1 atom stereocenters. The van der Waals surface area contributed by atoms with Crippen molar-refractivity contribution >= 4 is 35.3 Å². The standard InChI is InChI=1S/C44H56N2O9/c1-6-8-9-10-11-12-13-18-29-53-42(48)34(5)54-43(49)36-21-25-38(26-22-36)55-44(50)35-19-23-37(24-20-35)45-46-41-32(3)30-39(31-33(41)4)51-27-16-14-15-17-28-52-40(47)7-2/h7,19-26,30-31,34H,2,6,8-18,27-29H2,1,3-5H3/t34-/m1/s1. The lowest BCUT2D eigenvalue weighted by Crippen LogP contribution is -2.26. The van der Waals surface area contributed by atoms with Crippen molar-refractivity contribution in [3.05, 3.63) is 95.6 Å². The van der Waals surface area contributed by atoms with Crippen molar-refractivity contribution in [1.82, 2.24) is 0 Å². The minimum absolute atomic E-state index is 0.207. The summed E-state index contributed by atoms with van der Waals surface area (Å²) in [5, 5.41) is 8.80. The first kappa shape index (κ1) is 44.1. The van der Waals surface area contributed by atoms with Gasteiger partial charge in [-0.25, -0.2) is 19.2 Å². The van der Waals surface area contributed by atoms with E-state index < -0.39 is 30.0 Å². The molecule has 0 saturated heterocycles. The van der Waals surface area contributed by atoms with Crippen LogP contribution in [0.2, 0.25) is 0 Å². The highest BCUT2D eigenvalue weighted by molar-refractivity contribution is 5.93. The summed E-state index contributed by atoms with van der Waals surface area (Å²) < 4.78 is 27.0. The molecule has 0 bridgehead atoms. The average Bonchev–Trinajstić information content (AvgIpc) is 3.18. The summed E-state index contributed by atoms with van der Waals surface area (Å²) >= 11 is 0. The van der Waals surface area contributed by atoms with Gasteiger partial charge in [0.1, 0.15) is 11.5 Å². The Kier molecular flexibility index (Phi) is 19.9. The topological polar surface area (TPSA) is 139 Å². The molecule has 0 aliphatic heterocycles. The van der Waals surface area contributed by atoms with Crippen LogP contribution in [0.25, 0.3) is 0 Å². The van der Waals surface area contributed by atoms with Crippen LogP contribution in [-0.4, -0.2) is 49.8 Å². The van der Waals surface area contributed by atoms with E-state index in [2.05, 4.69) is 23.7 Å². The fourth-order valence-corrected chi connectivity index (χ4v) is 5.54. The lowest BCUT2D eigenvalue weighted by molar-refractivity contribution is -0.153. The lowest BCUT2D eigenvalue weighted by atomic mass is 10.1. The predicted octanol–water partition coefficient (Wildman–Crippen LogP) is 10.8. The summed E-state index contributed by atoms with van der Waals surface area (Å²) in [7, 11) is 0. The van der Waals surface area contributed by atoms with Crippen LogP contribution in [-0.2, 0) is 23.8 Å². The highest BCUT2D eigenvalue weighted by Gasteiger charge is 2.20. The third-order valence-electron chi connectivity index (χ3n) is 8.71. The fraction of sp³-hybridized carbons (Fsp3) is 0.455. The maximum absolute atomic E-state index is 12.8. The summed E-state index contributed by atoms with van der Waals surface area (Å²) in [4.78, 5) is 48.8. The van der Waals surface area contributed by atoms with Gasteiger partial charge in [0.05, 0.1) is 42.3 Å². The van der Waals surface area contributed by atoms with Gasteiger partial charge in [-0.05, 0) is 125 Å². The molecule has 0 aliphatic rings. The first-order valence-corrected chi connectivity index (χ1v) is 19.4. The largest absolute Gasteiger partial charge is 0.494 e. The number of ether oxygens (including phenoxy) is 5. The Bertz CT molecular complexity index is 1680. The molecule has 11 nitrogen and oxygen atoms in total. The van der Waals surface area contributed by atoms with Gasteiger partial charge in [-0.15, -0.1) is 0 Å². The fourth-order valence-electron chi connectivity index (χ4n) is 5.54. The van der Waals surface area contributed by atoms with Gasteiger partial charge in [0.25, 0.3) is 0 Å². The quantitative estimate of drug-likeness (QED) is 0.0206. The van der Waals surface area contributed by atoms with E-state index in [9.17, 15) is 19.2 Å². The van der Waals surface area contributed by atoms with E-state index >= 15 is 0 Å². The zero-order chi connectivity index (χ0) is 39.8. The van der Waals surface area contributed by atoms with Crippen LogP contribution in [0.4, 0.5) is 11.4 Å². The summed E-state index contributed by atoms with van der Waals surface area (Å²) in [5.41, 5.74) is 3.66. The zero-order valence-electron chi connectivity index (χ0n) is 32.8. The third kappa shape index (κ3) is 16.7. The number of nitrogens with zero attached hydrogens (tertiary/aromatic N) is 2. The molecule has 3 rings (SSSR count). The summed E-state index contributed by atoms with van der Waals surface area (Å²) in [6.07, 6.45) is 12.8. The number of rotatable bonds is 25. The van der Waals surface area contributed by atoms with Crippen molar-refractivity contribution < 1.29 is 42.9 Å². The Labute approximate surface area is 325 Å². The van der Waals surface area contributed by atoms with Crippen molar-refractivity contribution in [1.29, 1.82) is 0 Å². The molecule has 0 radical (unpaired) electrons. The minimum atomic E-state index is -1.04. The van der Waals surface area contributed by atoms with E-state index in [0.29, 0.717) is 31.1 Å². The number of benzene rings is 3. The number of azo groups is 1. The summed E-state index contributed by atoms with van der Waals surface area (Å²) in [6.45, 7) is 12.2. The number of unbranched alkanes of at least 4 members (excludes halogenated alkanes) is 10. The zero-order valence-corrected chi connectivity index (χ0v) is 32.8.